The van der Waals surface area contributed by atoms with Gasteiger partial charge in [-0.1, -0.05) is 24.4 Å². The lowest BCUT2D eigenvalue weighted by Crippen LogP contribution is -2.52. The van der Waals surface area contributed by atoms with Crippen LogP contribution in [0, 0.1) is 0 Å². The van der Waals surface area contributed by atoms with Crippen LogP contribution < -0.4 is 0 Å². The van der Waals surface area contributed by atoms with Crippen molar-refractivity contribution in [2.75, 3.05) is 14.1 Å². The van der Waals surface area contributed by atoms with Gasteiger partial charge in [-0.25, -0.2) is 0 Å². The predicted molar refractivity (Wildman–Crippen MR) is 101 cm³/mol. The van der Waals surface area contributed by atoms with Crippen molar-refractivity contribution in [3.05, 3.63) is 52.9 Å². The highest BCUT2D eigenvalue weighted by Gasteiger charge is 2.34. The highest BCUT2D eigenvalue weighted by atomic mass is 35.5. The van der Waals surface area contributed by atoms with E-state index < -0.39 is 0 Å². The Morgan fingerprint density at radius 3 is 2.62 bits per heavy atom. The fourth-order valence-electron chi connectivity index (χ4n) is 3.82. The first-order chi connectivity index (χ1) is 12.5. The first kappa shape index (κ1) is 18.8. The maximum atomic E-state index is 12.9. The molecule has 1 aromatic heterocycles. The number of benzene rings is 1. The van der Waals surface area contributed by atoms with Crippen LogP contribution >= 0.6 is 11.6 Å². The zero-order valence-corrected chi connectivity index (χ0v) is 15.9. The van der Waals surface area contributed by atoms with Crippen molar-refractivity contribution < 1.29 is 14.3 Å². The summed E-state index contributed by atoms with van der Waals surface area (Å²) in [5.74, 6) is 0.759. The number of rotatable bonds is 5. The molecule has 5 nitrogen and oxygen atoms in total. The molecule has 0 spiro atoms. The van der Waals surface area contributed by atoms with Gasteiger partial charge in [-0.15, -0.1) is 0 Å². The van der Waals surface area contributed by atoms with Gasteiger partial charge < -0.3 is 14.4 Å². The quantitative estimate of drug-likeness (QED) is 0.851. The number of hydrogen-bond donors (Lipinski definition) is 1. The normalized spacial score (nSPS) is 20.3. The van der Waals surface area contributed by atoms with Gasteiger partial charge in [0.2, 0.25) is 0 Å². The number of likely N-dealkylation sites (N-methyl/N-ethyl adjacent to an activating group) is 2. The second-order valence-electron chi connectivity index (χ2n) is 7.00. The maximum Gasteiger partial charge on any atom is 0.254 e. The lowest BCUT2D eigenvalue weighted by atomic mass is 9.88. The Kier molecular flexibility index (Phi) is 5.89. The molecular weight excluding hydrogens is 352 g/mol. The molecule has 1 N–H and O–H groups in total. The second-order valence-corrected chi connectivity index (χ2v) is 7.40. The van der Waals surface area contributed by atoms with Gasteiger partial charge in [-0.05, 0) is 50.2 Å². The Morgan fingerprint density at radius 1 is 1.23 bits per heavy atom. The standard InChI is InChI=1S/C20H25ClN2O3/c1-22(13-15-6-5-11-26-15)17-7-3-4-8-18(17)23(2)20(25)14-9-10-16(21)19(24)12-14/h5-6,9-12,17-18,24H,3-4,7-8,13H2,1-2H3/t17-,18-/m1/s1. The number of aromatic hydroxyl groups is 1. The number of phenols is 1. The van der Waals surface area contributed by atoms with Gasteiger partial charge in [0.25, 0.3) is 5.91 Å². The lowest BCUT2D eigenvalue weighted by molar-refractivity contribution is 0.0473. The van der Waals surface area contributed by atoms with Gasteiger partial charge in [0.05, 0.1) is 17.8 Å². The molecule has 2 aromatic rings. The summed E-state index contributed by atoms with van der Waals surface area (Å²) in [5, 5.41) is 10.1. The van der Waals surface area contributed by atoms with Crippen LogP contribution in [0.25, 0.3) is 0 Å². The number of carbonyl (C=O) groups excluding carboxylic acids is 1. The maximum absolute atomic E-state index is 12.9. The van der Waals surface area contributed by atoms with Crippen molar-refractivity contribution >= 4 is 17.5 Å². The number of furan rings is 1. The Labute approximate surface area is 159 Å². The molecule has 0 radical (unpaired) electrons. The molecule has 1 fully saturated rings. The average molecular weight is 377 g/mol. The molecule has 0 saturated heterocycles. The summed E-state index contributed by atoms with van der Waals surface area (Å²) < 4.78 is 5.47. The van der Waals surface area contributed by atoms with Crippen LogP contribution in [0.15, 0.2) is 41.0 Å². The summed E-state index contributed by atoms with van der Waals surface area (Å²) in [5.41, 5.74) is 0.451. The minimum Gasteiger partial charge on any atom is -0.506 e. The van der Waals surface area contributed by atoms with E-state index in [0.717, 1.165) is 38.0 Å². The molecule has 2 atom stereocenters. The number of halogens is 1. The molecule has 1 amide bonds. The van der Waals surface area contributed by atoms with Crippen molar-refractivity contribution in [1.82, 2.24) is 9.80 Å². The van der Waals surface area contributed by atoms with E-state index in [2.05, 4.69) is 11.9 Å². The van der Waals surface area contributed by atoms with Crippen LogP contribution in [0.4, 0.5) is 0 Å². The van der Waals surface area contributed by atoms with Gasteiger partial charge in [0.1, 0.15) is 11.5 Å². The zero-order chi connectivity index (χ0) is 18.7. The number of hydrogen-bond acceptors (Lipinski definition) is 4. The Balaban J connectivity index is 1.75. The van der Waals surface area contributed by atoms with E-state index in [-0.39, 0.29) is 28.8 Å². The van der Waals surface area contributed by atoms with E-state index in [9.17, 15) is 9.90 Å². The number of phenolic OH excluding ortho intramolecular Hbond substituents is 1. The van der Waals surface area contributed by atoms with Gasteiger partial charge in [0.15, 0.2) is 0 Å². The first-order valence-electron chi connectivity index (χ1n) is 8.95. The highest BCUT2D eigenvalue weighted by molar-refractivity contribution is 6.32. The lowest BCUT2D eigenvalue weighted by Gasteiger charge is -2.42. The van der Waals surface area contributed by atoms with Crippen molar-refractivity contribution in [2.24, 2.45) is 0 Å². The largest absolute Gasteiger partial charge is 0.506 e. The second kappa shape index (κ2) is 8.14. The van der Waals surface area contributed by atoms with E-state index in [4.69, 9.17) is 16.0 Å². The van der Waals surface area contributed by atoms with E-state index in [1.165, 1.54) is 6.07 Å². The molecule has 1 saturated carbocycles. The minimum absolute atomic E-state index is 0.0685. The number of amides is 1. The molecule has 1 aromatic carbocycles. The zero-order valence-electron chi connectivity index (χ0n) is 15.2. The molecule has 0 aliphatic heterocycles. The van der Waals surface area contributed by atoms with E-state index in [1.54, 1.807) is 18.4 Å². The highest BCUT2D eigenvalue weighted by Crippen LogP contribution is 2.29. The van der Waals surface area contributed by atoms with Crippen LogP contribution in [-0.4, -0.2) is 47.0 Å². The summed E-state index contributed by atoms with van der Waals surface area (Å²) in [6.45, 7) is 0.720. The summed E-state index contributed by atoms with van der Waals surface area (Å²) in [4.78, 5) is 17.0. The smallest absolute Gasteiger partial charge is 0.254 e. The van der Waals surface area contributed by atoms with Gasteiger partial charge in [0, 0.05) is 24.7 Å². The molecule has 3 rings (SSSR count). The third-order valence-corrected chi connectivity index (χ3v) is 5.58. The molecule has 0 bridgehead atoms. The van der Waals surface area contributed by atoms with Gasteiger partial charge in [-0.3, -0.25) is 9.69 Å². The van der Waals surface area contributed by atoms with Gasteiger partial charge in [-0.2, -0.15) is 0 Å². The fraction of sp³-hybridized carbons (Fsp3) is 0.450. The molecule has 26 heavy (non-hydrogen) atoms. The summed E-state index contributed by atoms with van der Waals surface area (Å²) in [7, 11) is 3.93. The van der Waals surface area contributed by atoms with Crippen molar-refractivity contribution in [2.45, 2.75) is 44.3 Å². The van der Waals surface area contributed by atoms with Crippen LogP contribution in [0.2, 0.25) is 5.02 Å². The van der Waals surface area contributed by atoms with Crippen molar-refractivity contribution in [3.8, 4) is 5.75 Å². The van der Waals surface area contributed by atoms with E-state index in [0.29, 0.717) is 5.56 Å². The van der Waals surface area contributed by atoms with Crippen molar-refractivity contribution in [1.29, 1.82) is 0 Å². The molecule has 140 valence electrons. The SMILES string of the molecule is CN(Cc1ccco1)[C@@H]1CCCC[C@H]1N(C)C(=O)c1ccc(Cl)c(O)c1. The molecular formula is C20H25ClN2O3. The number of carbonyl (C=O) groups is 1. The Bertz CT molecular complexity index is 748. The topological polar surface area (TPSA) is 56.9 Å². The summed E-state index contributed by atoms with van der Waals surface area (Å²) in [6, 6.07) is 8.90. The van der Waals surface area contributed by atoms with Gasteiger partial charge >= 0.3 is 0 Å². The predicted octanol–water partition coefficient (Wildman–Crippen LogP) is 4.15. The number of nitrogens with zero attached hydrogens (tertiary/aromatic N) is 2. The van der Waals surface area contributed by atoms with E-state index >= 15 is 0 Å². The molecule has 6 heteroatoms. The van der Waals surface area contributed by atoms with Crippen molar-refractivity contribution in [3.63, 3.8) is 0 Å². The fourth-order valence-corrected chi connectivity index (χ4v) is 3.94. The minimum atomic E-state index is -0.0970. The van der Waals surface area contributed by atoms with Crippen LogP contribution in [-0.2, 0) is 6.54 Å². The molecule has 1 aliphatic carbocycles. The summed E-state index contributed by atoms with van der Waals surface area (Å²) in [6.07, 6.45) is 5.97. The van der Waals surface area contributed by atoms with E-state index in [1.807, 2.05) is 24.1 Å². The van der Waals surface area contributed by atoms with Crippen LogP contribution in [0.3, 0.4) is 0 Å². The third kappa shape index (κ3) is 4.05. The Morgan fingerprint density at radius 2 is 1.96 bits per heavy atom. The molecule has 0 unspecified atom stereocenters. The van der Waals surface area contributed by atoms with Crippen LogP contribution in [0.5, 0.6) is 5.75 Å². The first-order valence-corrected chi connectivity index (χ1v) is 9.33. The molecule has 1 aliphatic rings. The molecule has 1 heterocycles. The summed E-state index contributed by atoms with van der Waals surface area (Å²) >= 11 is 5.86. The Hall–Kier alpha value is -1.98. The average Bonchev–Trinajstić information content (AvgIpc) is 3.15. The monoisotopic (exact) mass is 376 g/mol. The van der Waals surface area contributed by atoms with Crippen LogP contribution in [0.1, 0.15) is 41.8 Å². The third-order valence-electron chi connectivity index (χ3n) is 5.26.